The van der Waals surface area contributed by atoms with Gasteiger partial charge >= 0.3 is 0 Å². The lowest BCUT2D eigenvalue weighted by Crippen LogP contribution is -2.02. The lowest BCUT2D eigenvalue weighted by Gasteiger charge is -2.17. The van der Waals surface area contributed by atoms with Gasteiger partial charge in [0.2, 0.25) is 0 Å². The van der Waals surface area contributed by atoms with E-state index in [9.17, 15) is 10.5 Å². The molecular weight excluding hydrogens is 1720 g/mol. The van der Waals surface area contributed by atoms with Crippen molar-refractivity contribution in [2.45, 2.75) is 0 Å². The molecule has 0 radical (unpaired) electrons. The fourth-order valence-electron chi connectivity index (χ4n) is 22.7. The highest BCUT2D eigenvalue weighted by Crippen LogP contribution is 2.50. The summed E-state index contributed by atoms with van der Waals surface area (Å²) in [5.41, 5.74) is 31.7. The second-order valence-electron chi connectivity index (χ2n) is 36.0. The quantitative estimate of drug-likeness (QED) is 0.133. The molecule has 0 atom stereocenters. The van der Waals surface area contributed by atoms with Crippen LogP contribution in [0.5, 0.6) is 0 Å². The Balaban J connectivity index is 0.000000104. The van der Waals surface area contributed by atoms with Crippen molar-refractivity contribution >= 4 is 202 Å². The average molecular weight is 1800 g/mol. The van der Waals surface area contributed by atoms with Gasteiger partial charge in [-0.25, -0.2) is 4.85 Å². The zero-order valence-electron chi connectivity index (χ0n) is 75.6. The van der Waals surface area contributed by atoms with Gasteiger partial charge in [0.15, 0.2) is 11.3 Å². The normalized spacial score (nSPS) is 11.8. The minimum absolute atomic E-state index is 0.596. The lowest BCUT2D eigenvalue weighted by molar-refractivity contribution is 0.669. The van der Waals surface area contributed by atoms with Crippen molar-refractivity contribution in [3.05, 3.63) is 478 Å². The predicted octanol–water partition coefficient (Wildman–Crippen LogP) is 34.6. The number of nitriles is 2. The Morgan fingerprint density at radius 3 is 1.11 bits per heavy atom. The first kappa shape index (κ1) is 79.8. The molecule has 12 nitrogen and oxygen atoms in total. The standard InChI is InChI=1S/3C43H25N3O/c1-44-36-23-22-27(45-37-17-7-5-15-31(37)34-25-35-32-16-6-11-21-42(32)47-43(35)26-41(34)45)24-33(36)30-14-4-10-20-40(30)46-38-18-8-2-12-28(38)29-13-3-9-19-39(29)46;44-26-34-27(28-12-1-6-18-35(28)45-36-19-7-2-13-29(36)30-14-3-8-20-37(30)45)17-11-22-39(34)46-38-21-9-4-15-31(38)32-24-25-41-42(43(32)46)33-16-5-10-23-40(33)47-41;44-26-28-22-21-27(29-11-1-6-16-36(29)45-37-17-7-2-12-30(37)31-13-3-8-18-38(31)45)25-40(28)46-39-19-9-4-14-32(39)34-23-24-35-33-15-5-10-20-41(33)47-43(35)42(34)46/h2-26H;2*1-25H. The fraction of sp³-hybridized carbons (Fsp3) is 0. The summed E-state index contributed by atoms with van der Waals surface area (Å²) in [4.78, 5) is 4.02. The van der Waals surface area contributed by atoms with E-state index < -0.39 is 0 Å². The van der Waals surface area contributed by atoms with Gasteiger partial charge in [-0.1, -0.05) is 303 Å². The summed E-state index contributed by atoms with van der Waals surface area (Å²) in [6.45, 7) is 8.19. The molecule has 0 aliphatic heterocycles. The van der Waals surface area contributed by atoms with Crippen LogP contribution in [0.15, 0.2) is 468 Å². The van der Waals surface area contributed by atoms with Crippen LogP contribution in [0.2, 0.25) is 0 Å². The number of aromatic nitrogens is 6. The lowest BCUT2D eigenvalue weighted by atomic mass is 9.96. The summed E-state index contributed by atoms with van der Waals surface area (Å²) >= 11 is 0. The van der Waals surface area contributed by atoms with Crippen molar-refractivity contribution in [3.63, 3.8) is 0 Å². The van der Waals surface area contributed by atoms with E-state index in [2.05, 4.69) is 445 Å². The van der Waals surface area contributed by atoms with E-state index in [1.54, 1.807) is 0 Å². The highest BCUT2D eigenvalue weighted by atomic mass is 16.3. The largest absolute Gasteiger partial charge is 0.456 e. The molecule has 141 heavy (non-hydrogen) atoms. The highest BCUT2D eigenvalue weighted by Gasteiger charge is 2.29. The van der Waals surface area contributed by atoms with Gasteiger partial charge in [-0.05, 0) is 162 Å². The van der Waals surface area contributed by atoms with Crippen molar-refractivity contribution in [2.24, 2.45) is 0 Å². The number of benzene rings is 21. The van der Waals surface area contributed by atoms with Crippen molar-refractivity contribution in [2.75, 3.05) is 0 Å². The van der Waals surface area contributed by atoms with Crippen molar-refractivity contribution in [3.8, 4) is 79.6 Å². The van der Waals surface area contributed by atoms with Crippen LogP contribution in [0.25, 0.3) is 269 Å². The number of hydrogen-bond donors (Lipinski definition) is 0. The second kappa shape index (κ2) is 31.7. The van der Waals surface area contributed by atoms with Crippen molar-refractivity contribution < 1.29 is 13.3 Å². The van der Waals surface area contributed by atoms with Gasteiger partial charge in [0, 0.05) is 120 Å². The molecule has 0 unspecified atom stereocenters. The van der Waals surface area contributed by atoms with Crippen LogP contribution in [0.3, 0.4) is 0 Å². The van der Waals surface area contributed by atoms with Gasteiger partial charge in [0.1, 0.15) is 40.1 Å². The maximum Gasteiger partial charge on any atom is 0.195 e. The van der Waals surface area contributed by atoms with E-state index in [4.69, 9.17) is 19.8 Å². The predicted molar refractivity (Wildman–Crippen MR) is 579 cm³/mol. The molecule has 0 aliphatic rings. The Bertz CT molecular complexity index is 10500. The SMILES string of the molecule is N#Cc1c(-c2ccccc2-n2c3ccccc3c3ccccc32)cccc1-n1c2ccccc2c2ccc3oc4ccccc4c3c21.N#Cc1ccc(-c2ccccc2-n2c3ccccc3c3ccccc32)cc1-n1c2ccccc2c2ccc3c4ccccc4oc3c21.[C-]#[N+]c1ccc(-n2c3ccccc3c3cc4c(cc32)oc2ccccc24)cc1-c1ccccc1-n1c2ccccc2c2ccccc21. The van der Waals surface area contributed by atoms with Gasteiger partial charge < -0.3 is 40.7 Å². The van der Waals surface area contributed by atoms with Crippen LogP contribution < -0.4 is 0 Å². The smallest absolute Gasteiger partial charge is 0.195 e. The molecule has 9 aromatic heterocycles. The van der Waals surface area contributed by atoms with Crippen LogP contribution in [0.4, 0.5) is 5.69 Å². The van der Waals surface area contributed by atoms with Crippen LogP contribution >= 0.6 is 0 Å². The van der Waals surface area contributed by atoms with E-state index >= 15 is 0 Å². The van der Waals surface area contributed by atoms with E-state index in [1.165, 1.54) is 43.1 Å². The Hall–Kier alpha value is -19.7. The zero-order chi connectivity index (χ0) is 93.2. The Morgan fingerprint density at radius 2 is 0.589 bits per heavy atom. The van der Waals surface area contributed by atoms with Crippen molar-refractivity contribution in [1.29, 1.82) is 10.5 Å². The molecule has 0 saturated carbocycles. The third-order valence-electron chi connectivity index (χ3n) is 28.7. The van der Waals surface area contributed by atoms with Gasteiger partial charge in [-0.15, -0.1) is 0 Å². The molecule has 654 valence electrons. The molecule has 0 aliphatic carbocycles. The van der Waals surface area contributed by atoms with Gasteiger partial charge in [0.25, 0.3) is 0 Å². The zero-order valence-corrected chi connectivity index (χ0v) is 75.6. The number of furan rings is 3. The first-order chi connectivity index (χ1) is 69.9. The number of para-hydroxylation sites is 15. The first-order valence-corrected chi connectivity index (χ1v) is 47.3. The summed E-state index contributed by atoms with van der Waals surface area (Å²) in [5.74, 6) is 0. The Labute approximate surface area is 805 Å². The Morgan fingerprint density at radius 1 is 0.213 bits per heavy atom. The number of rotatable bonds is 9. The highest BCUT2D eigenvalue weighted by molar-refractivity contribution is 6.26. The van der Waals surface area contributed by atoms with E-state index in [1.807, 2.05) is 54.6 Å². The molecule has 0 saturated heterocycles. The minimum Gasteiger partial charge on any atom is -0.456 e. The molecule has 9 heterocycles. The Kier molecular flexibility index (Phi) is 18.0. The van der Waals surface area contributed by atoms with E-state index in [0.29, 0.717) is 16.8 Å². The molecular formula is C129H75N9O3. The molecule has 0 spiro atoms. The topological polar surface area (TPSA) is 121 Å². The summed E-state index contributed by atoms with van der Waals surface area (Å²) in [5, 5.41) is 42.1. The van der Waals surface area contributed by atoms with Gasteiger partial charge in [-0.2, -0.15) is 10.5 Å². The molecule has 0 bridgehead atoms. The van der Waals surface area contributed by atoms with Gasteiger partial charge in [0.05, 0.1) is 118 Å². The average Bonchev–Trinajstić information content (AvgIpc) is 1.56. The molecule has 0 amide bonds. The van der Waals surface area contributed by atoms with Crippen molar-refractivity contribution in [1.82, 2.24) is 27.4 Å². The number of hydrogen-bond acceptors (Lipinski definition) is 5. The molecule has 30 aromatic rings. The molecule has 30 rings (SSSR count). The first-order valence-electron chi connectivity index (χ1n) is 47.3. The van der Waals surface area contributed by atoms with Crippen LogP contribution in [-0.2, 0) is 0 Å². The third kappa shape index (κ3) is 12.1. The second-order valence-corrected chi connectivity index (χ2v) is 36.0. The number of nitrogens with zero attached hydrogens (tertiary/aromatic N) is 9. The molecule has 21 aromatic carbocycles. The molecule has 0 fully saturated rings. The summed E-state index contributed by atoms with van der Waals surface area (Å²) < 4.78 is 33.1. The fourth-order valence-corrected chi connectivity index (χ4v) is 22.7. The maximum absolute atomic E-state index is 11.0. The van der Waals surface area contributed by atoms with Crippen LogP contribution in [-0.4, -0.2) is 27.4 Å². The van der Waals surface area contributed by atoms with Crippen LogP contribution in [0.1, 0.15) is 11.1 Å². The minimum atomic E-state index is 0.596. The third-order valence-corrected chi connectivity index (χ3v) is 28.7. The number of fused-ring (bicyclic) bond motifs is 29. The van der Waals surface area contributed by atoms with Crippen LogP contribution in [0, 0.1) is 29.2 Å². The van der Waals surface area contributed by atoms with E-state index in [-0.39, 0.29) is 0 Å². The molecule has 0 N–H and O–H groups in total. The maximum atomic E-state index is 11.0. The van der Waals surface area contributed by atoms with E-state index in [0.717, 1.165) is 221 Å². The molecule has 12 heteroatoms. The summed E-state index contributed by atoms with van der Waals surface area (Å²) in [6.07, 6.45) is 0. The monoisotopic (exact) mass is 1800 g/mol. The summed E-state index contributed by atoms with van der Waals surface area (Å²) in [6, 6.07) is 163. The summed E-state index contributed by atoms with van der Waals surface area (Å²) in [7, 11) is 0. The van der Waals surface area contributed by atoms with Gasteiger partial charge in [-0.3, -0.25) is 0 Å².